The number of carbonyl (C=O) groups excluding carboxylic acids is 2. The van der Waals surface area contributed by atoms with Crippen LogP contribution in [0.2, 0.25) is 0 Å². The highest BCUT2D eigenvalue weighted by Gasteiger charge is 2.46. The Morgan fingerprint density at radius 2 is 1.82 bits per heavy atom. The minimum absolute atomic E-state index is 0.0837. The molecule has 6 heteroatoms. The van der Waals surface area contributed by atoms with Gasteiger partial charge in [-0.3, -0.25) is 14.6 Å². The van der Waals surface area contributed by atoms with E-state index in [1.165, 1.54) is 4.90 Å². The van der Waals surface area contributed by atoms with Gasteiger partial charge in [0.05, 0.1) is 18.2 Å². The smallest absolute Gasteiger partial charge is 0.295 e. The van der Waals surface area contributed by atoms with E-state index >= 15 is 0 Å². The molecule has 1 unspecified atom stereocenters. The number of benzene rings is 2. The molecular formula is C27H26N2O4. The zero-order valence-electron chi connectivity index (χ0n) is 18.7. The lowest BCUT2D eigenvalue weighted by molar-refractivity contribution is -0.140. The molecule has 0 saturated carbocycles. The fourth-order valence-electron chi connectivity index (χ4n) is 4.03. The van der Waals surface area contributed by atoms with E-state index in [1.807, 2.05) is 44.2 Å². The number of nitrogens with zero attached hydrogens (tertiary/aromatic N) is 2. The monoisotopic (exact) mass is 442 g/mol. The summed E-state index contributed by atoms with van der Waals surface area (Å²) in [5, 5.41) is 11.2. The number of pyridine rings is 1. The van der Waals surface area contributed by atoms with Crippen LogP contribution < -0.4 is 4.74 Å². The second-order valence-corrected chi connectivity index (χ2v) is 8.02. The van der Waals surface area contributed by atoms with E-state index in [2.05, 4.69) is 4.98 Å². The molecule has 1 atom stereocenters. The number of rotatable bonds is 7. The van der Waals surface area contributed by atoms with Gasteiger partial charge in [-0.1, -0.05) is 37.3 Å². The van der Waals surface area contributed by atoms with Crippen LogP contribution in [-0.2, 0) is 16.1 Å². The van der Waals surface area contributed by atoms with Crippen molar-refractivity contribution in [3.05, 3.63) is 101 Å². The summed E-state index contributed by atoms with van der Waals surface area (Å²) < 4.78 is 5.61. The van der Waals surface area contributed by atoms with Crippen LogP contribution in [0, 0.1) is 6.92 Å². The van der Waals surface area contributed by atoms with Gasteiger partial charge in [-0.15, -0.1) is 0 Å². The van der Waals surface area contributed by atoms with Crippen LogP contribution in [0.1, 0.15) is 41.6 Å². The third kappa shape index (κ3) is 4.51. The lowest BCUT2D eigenvalue weighted by Gasteiger charge is -2.26. The predicted molar refractivity (Wildman–Crippen MR) is 125 cm³/mol. The Labute approximate surface area is 193 Å². The van der Waals surface area contributed by atoms with Crippen LogP contribution in [0.25, 0.3) is 5.76 Å². The quantitative estimate of drug-likeness (QED) is 0.323. The van der Waals surface area contributed by atoms with Gasteiger partial charge in [0.2, 0.25) is 0 Å². The number of carbonyl (C=O) groups is 2. The first-order chi connectivity index (χ1) is 16.0. The van der Waals surface area contributed by atoms with Gasteiger partial charge in [-0.05, 0) is 60.4 Å². The molecule has 0 spiro atoms. The largest absolute Gasteiger partial charge is 0.507 e. The molecule has 2 aromatic carbocycles. The van der Waals surface area contributed by atoms with Crippen molar-refractivity contribution in [2.75, 3.05) is 6.61 Å². The van der Waals surface area contributed by atoms with Crippen LogP contribution in [-0.4, -0.2) is 33.3 Å². The molecule has 33 heavy (non-hydrogen) atoms. The fourth-order valence-corrected chi connectivity index (χ4v) is 4.03. The Hall–Kier alpha value is -3.93. The number of likely N-dealkylation sites (tertiary alicyclic amines) is 1. The lowest BCUT2D eigenvalue weighted by Crippen LogP contribution is -2.29. The van der Waals surface area contributed by atoms with Crippen LogP contribution in [0.4, 0.5) is 0 Å². The Balaban J connectivity index is 1.80. The van der Waals surface area contributed by atoms with E-state index in [1.54, 1.807) is 42.7 Å². The molecule has 6 nitrogen and oxygen atoms in total. The Morgan fingerprint density at radius 3 is 2.48 bits per heavy atom. The number of aryl methyl sites for hydroxylation is 1. The highest BCUT2D eigenvalue weighted by Crippen LogP contribution is 2.41. The molecule has 0 radical (unpaired) electrons. The molecule has 4 rings (SSSR count). The van der Waals surface area contributed by atoms with E-state index < -0.39 is 17.7 Å². The van der Waals surface area contributed by atoms with Crippen LogP contribution in [0.5, 0.6) is 5.75 Å². The standard InChI is InChI=1S/C27H26N2O4/c1-3-15-33-21-12-10-20(11-13-21)25(30)23-24(22-9-5-4-7-18(22)2)29(27(32)26(23)31)17-19-8-6-14-28-16-19/h4-14,16,24,30H,3,15,17H2,1-2H3/b25-23-. The highest BCUT2D eigenvalue weighted by atomic mass is 16.5. The number of amides is 1. The molecule has 1 saturated heterocycles. The first-order valence-electron chi connectivity index (χ1n) is 11.0. The molecule has 1 aromatic heterocycles. The van der Waals surface area contributed by atoms with Gasteiger partial charge in [0.15, 0.2) is 0 Å². The zero-order chi connectivity index (χ0) is 23.4. The summed E-state index contributed by atoms with van der Waals surface area (Å²) in [6.45, 7) is 4.76. The Morgan fingerprint density at radius 1 is 1.06 bits per heavy atom. The molecule has 0 aliphatic carbocycles. The summed E-state index contributed by atoms with van der Waals surface area (Å²) >= 11 is 0. The van der Waals surface area contributed by atoms with Gasteiger partial charge in [0, 0.05) is 24.5 Å². The summed E-state index contributed by atoms with van der Waals surface area (Å²) in [5.74, 6) is -0.856. The number of hydrogen-bond acceptors (Lipinski definition) is 5. The van der Waals surface area contributed by atoms with E-state index in [9.17, 15) is 14.7 Å². The molecule has 3 aromatic rings. The van der Waals surface area contributed by atoms with Crippen molar-refractivity contribution in [2.45, 2.75) is 32.9 Å². The van der Waals surface area contributed by atoms with Crippen molar-refractivity contribution in [1.82, 2.24) is 9.88 Å². The van der Waals surface area contributed by atoms with E-state index in [4.69, 9.17) is 4.74 Å². The third-order valence-electron chi connectivity index (χ3n) is 5.70. The van der Waals surface area contributed by atoms with Gasteiger partial charge in [0.1, 0.15) is 11.5 Å². The van der Waals surface area contributed by atoms with Crippen molar-refractivity contribution in [3.8, 4) is 5.75 Å². The zero-order valence-corrected chi connectivity index (χ0v) is 18.7. The highest BCUT2D eigenvalue weighted by molar-refractivity contribution is 6.46. The van der Waals surface area contributed by atoms with Crippen molar-refractivity contribution < 1.29 is 19.4 Å². The Bertz CT molecular complexity index is 1190. The topological polar surface area (TPSA) is 79.7 Å². The minimum Gasteiger partial charge on any atom is -0.507 e. The average molecular weight is 443 g/mol. The fraction of sp³-hybridized carbons (Fsp3) is 0.222. The number of aliphatic hydroxyl groups is 1. The molecule has 2 heterocycles. The van der Waals surface area contributed by atoms with Gasteiger partial charge in [0.25, 0.3) is 11.7 Å². The van der Waals surface area contributed by atoms with E-state index in [0.29, 0.717) is 17.9 Å². The SMILES string of the molecule is CCCOc1ccc(/C(O)=C2/C(=O)C(=O)N(Cc3cccnc3)C2c2ccccc2C)cc1. The summed E-state index contributed by atoms with van der Waals surface area (Å²) in [6.07, 6.45) is 4.21. The number of aliphatic hydroxyl groups excluding tert-OH is 1. The number of hydrogen-bond donors (Lipinski definition) is 1. The first kappa shape index (κ1) is 22.3. The lowest BCUT2D eigenvalue weighted by atomic mass is 9.92. The molecule has 168 valence electrons. The maximum Gasteiger partial charge on any atom is 0.295 e. The normalized spacial score (nSPS) is 17.4. The van der Waals surface area contributed by atoms with Crippen molar-refractivity contribution in [1.29, 1.82) is 0 Å². The van der Waals surface area contributed by atoms with Crippen molar-refractivity contribution in [3.63, 3.8) is 0 Å². The summed E-state index contributed by atoms with van der Waals surface area (Å²) in [7, 11) is 0. The molecule has 1 aliphatic heterocycles. The number of aromatic nitrogens is 1. The van der Waals surface area contributed by atoms with Gasteiger partial charge in [-0.2, -0.15) is 0 Å². The second-order valence-electron chi connectivity index (χ2n) is 8.02. The number of ketones is 1. The Kier molecular flexibility index (Phi) is 6.54. The van der Waals surface area contributed by atoms with Crippen molar-refractivity contribution >= 4 is 17.4 Å². The molecular weight excluding hydrogens is 416 g/mol. The van der Waals surface area contributed by atoms with E-state index in [-0.39, 0.29) is 17.9 Å². The molecule has 1 aliphatic rings. The molecule has 0 bridgehead atoms. The summed E-state index contributed by atoms with van der Waals surface area (Å²) in [5.41, 5.74) is 3.06. The average Bonchev–Trinajstić information content (AvgIpc) is 3.08. The summed E-state index contributed by atoms with van der Waals surface area (Å²) in [6, 6.07) is 17.4. The van der Waals surface area contributed by atoms with E-state index in [0.717, 1.165) is 23.1 Å². The number of Topliss-reactive ketones (excluding diaryl/α,β-unsaturated/α-hetero) is 1. The molecule has 1 amide bonds. The van der Waals surface area contributed by atoms with Crippen LogP contribution in [0.15, 0.2) is 78.6 Å². The minimum atomic E-state index is -0.706. The maximum atomic E-state index is 13.2. The molecule has 1 fully saturated rings. The van der Waals surface area contributed by atoms with Gasteiger partial charge in [-0.25, -0.2) is 0 Å². The summed E-state index contributed by atoms with van der Waals surface area (Å²) in [4.78, 5) is 31.9. The van der Waals surface area contributed by atoms with Crippen LogP contribution in [0.3, 0.4) is 0 Å². The predicted octanol–water partition coefficient (Wildman–Crippen LogP) is 4.80. The van der Waals surface area contributed by atoms with Crippen molar-refractivity contribution in [2.24, 2.45) is 0 Å². The first-order valence-corrected chi connectivity index (χ1v) is 11.0. The molecule has 1 N–H and O–H groups in total. The third-order valence-corrected chi connectivity index (χ3v) is 5.70. The maximum absolute atomic E-state index is 13.2. The van der Waals surface area contributed by atoms with Gasteiger partial charge >= 0.3 is 0 Å². The van der Waals surface area contributed by atoms with Crippen LogP contribution >= 0.6 is 0 Å². The second kappa shape index (κ2) is 9.69. The van der Waals surface area contributed by atoms with Gasteiger partial charge < -0.3 is 14.7 Å². The number of ether oxygens (including phenoxy) is 1.